The smallest absolute Gasteiger partial charge is 0.357 e. The van der Waals surface area contributed by atoms with Gasteiger partial charge in [0.1, 0.15) is 6.04 Å². The number of carbonyl (C=O) groups excluding carboxylic acids is 1. The number of fused-ring (bicyclic) bond motifs is 1. The Morgan fingerprint density at radius 2 is 1.85 bits per heavy atom. The standard InChI is InChI=1S/C18H14ClN3O4/c1-10(16(23)20-12-6-4-5-11(19)9-12)22-17(24)14-8-3-2-7-13(14)15(21-22)18(25)26/h2-10H,1H3,(H,20,23)(H,25,26). The number of hydrogen-bond donors (Lipinski definition) is 2. The van der Waals surface area contributed by atoms with E-state index in [1.54, 1.807) is 36.4 Å². The van der Waals surface area contributed by atoms with Crippen molar-refractivity contribution in [1.29, 1.82) is 0 Å². The van der Waals surface area contributed by atoms with E-state index in [0.717, 1.165) is 4.68 Å². The number of rotatable bonds is 4. The van der Waals surface area contributed by atoms with Gasteiger partial charge in [-0.25, -0.2) is 9.48 Å². The highest BCUT2D eigenvalue weighted by atomic mass is 35.5. The average Bonchev–Trinajstić information content (AvgIpc) is 2.61. The van der Waals surface area contributed by atoms with Crippen molar-refractivity contribution in [2.75, 3.05) is 5.32 Å². The number of hydrogen-bond acceptors (Lipinski definition) is 4. The second-order valence-electron chi connectivity index (χ2n) is 5.62. The molecule has 0 aliphatic rings. The minimum absolute atomic E-state index is 0.183. The number of carbonyl (C=O) groups is 2. The Kier molecular flexibility index (Phi) is 4.73. The molecule has 0 radical (unpaired) electrons. The maximum atomic E-state index is 12.7. The number of amides is 1. The normalized spacial score (nSPS) is 11.9. The first-order valence-corrected chi connectivity index (χ1v) is 8.07. The van der Waals surface area contributed by atoms with E-state index in [1.807, 2.05) is 0 Å². The van der Waals surface area contributed by atoms with Gasteiger partial charge in [0, 0.05) is 16.1 Å². The molecule has 8 heteroatoms. The van der Waals surface area contributed by atoms with Crippen LogP contribution in [0.2, 0.25) is 5.02 Å². The maximum Gasteiger partial charge on any atom is 0.357 e. The molecule has 0 spiro atoms. The van der Waals surface area contributed by atoms with Crippen molar-refractivity contribution in [2.24, 2.45) is 0 Å². The zero-order chi connectivity index (χ0) is 18.8. The Hall–Kier alpha value is -3.19. The summed E-state index contributed by atoms with van der Waals surface area (Å²) in [4.78, 5) is 36.7. The minimum atomic E-state index is -1.28. The number of nitrogens with one attached hydrogen (secondary N) is 1. The van der Waals surface area contributed by atoms with Crippen LogP contribution in [0.25, 0.3) is 10.8 Å². The summed E-state index contributed by atoms with van der Waals surface area (Å²) in [5, 5.41) is 16.8. The van der Waals surface area contributed by atoms with Crippen LogP contribution in [0.3, 0.4) is 0 Å². The lowest BCUT2D eigenvalue weighted by molar-refractivity contribution is -0.119. The van der Waals surface area contributed by atoms with Crippen molar-refractivity contribution in [1.82, 2.24) is 9.78 Å². The van der Waals surface area contributed by atoms with Crippen LogP contribution in [0.5, 0.6) is 0 Å². The van der Waals surface area contributed by atoms with Gasteiger partial charge in [0.15, 0.2) is 5.69 Å². The van der Waals surface area contributed by atoms with Gasteiger partial charge in [-0.1, -0.05) is 35.9 Å². The van der Waals surface area contributed by atoms with Crippen molar-refractivity contribution < 1.29 is 14.7 Å². The van der Waals surface area contributed by atoms with E-state index in [0.29, 0.717) is 10.7 Å². The van der Waals surface area contributed by atoms with E-state index >= 15 is 0 Å². The molecule has 1 unspecified atom stereocenters. The highest BCUT2D eigenvalue weighted by Crippen LogP contribution is 2.18. The molecule has 3 aromatic rings. The topological polar surface area (TPSA) is 101 Å². The average molecular weight is 372 g/mol. The molecule has 1 atom stereocenters. The first-order valence-electron chi connectivity index (χ1n) is 7.70. The van der Waals surface area contributed by atoms with E-state index in [4.69, 9.17) is 11.6 Å². The van der Waals surface area contributed by atoms with Crippen LogP contribution in [-0.2, 0) is 4.79 Å². The zero-order valence-corrected chi connectivity index (χ0v) is 14.4. The van der Waals surface area contributed by atoms with E-state index in [2.05, 4.69) is 10.4 Å². The minimum Gasteiger partial charge on any atom is -0.476 e. The lowest BCUT2D eigenvalue weighted by atomic mass is 10.1. The summed E-state index contributed by atoms with van der Waals surface area (Å²) in [5.41, 5.74) is -0.372. The number of carboxylic acid groups (broad SMARTS) is 1. The molecule has 7 nitrogen and oxygen atoms in total. The first kappa shape index (κ1) is 17.6. The summed E-state index contributed by atoms with van der Waals surface area (Å²) in [6.07, 6.45) is 0. The van der Waals surface area contributed by atoms with Gasteiger partial charge < -0.3 is 10.4 Å². The van der Waals surface area contributed by atoms with Gasteiger partial charge in [0.25, 0.3) is 5.56 Å². The Morgan fingerprint density at radius 1 is 1.15 bits per heavy atom. The monoisotopic (exact) mass is 371 g/mol. The van der Waals surface area contributed by atoms with Gasteiger partial charge in [0.05, 0.1) is 5.39 Å². The van der Waals surface area contributed by atoms with Crippen molar-refractivity contribution in [3.63, 3.8) is 0 Å². The number of carboxylic acids is 1. The Labute approximate surface area is 152 Å². The summed E-state index contributed by atoms with van der Waals surface area (Å²) >= 11 is 5.89. The van der Waals surface area contributed by atoms with E-state index < -0.39 is 23.5 Å². The number of anilines is 1. The molecule has 26 heavy (non-hydrogen) atoms. The molecule has 1 heterocycles. The highest BCUT2D eigenvalue weighted by molar-refractivity contribution is 6.30. The van der Waals surface area contributed by atoms with Gasteiger partial charge in [-0.15, -0.1) is 0 Å². The maximum absolute atomic E-state index is 12.7. The van der Waals surface area contributed by atoms with Crippen LogP contribution in [-0.4, -0.2) is 26.8 Å². The molecule has 132 valence electrons. The summed E-state index contributed by atoms with van der Waals surface area (Å²) in [6.45, 7) is 1.47. The fourth-order valence-electron chi connectivity index (χ4n) is 2.55. The van der Waals surface area contributed by atoms with E-state index in [9.17, 15) is 19.5 Å². The molecular formula is C18H14ClN3O4. The molecule has 0 aliphatic heterocycles. The van der Waals surface area contributed by atoms with Crippen LogP contribution in [0, 0.1) is 0 Å². The zero-order valence-electron chi connectivity index (χ0n) is 13.6. The molecule has 3 rings (SSSR count). The second kappa shape index (κ2) is 6.97. The van der Waals surface area contributed by atoms with Crippen molar-refractivity contribution >= 4 is 39.9 Å². The van der Waals surface area contributed by atoms with Crippen molar-refractivity contribution in [3.8, 4) is 0 Å². The predicted octanol–water partition coefficient (Wildman–Crippen LogP) is 2.95. The number of aromatic carboxylic acids is 1. The Balaban J connectivity index is 2.04. The third-order valence-electron chi connectivity index (χ3n) is 3.87. The summed E-state index contributed by atoms with van der Waals surface area (Å²) in [6, 6.07) is 11.8. The van der Waals surface area contributed by atoms with Crippen LogP contribution in [0.1, 0.15) is 23.5 Å². The molecule has 0 aliphatic carbocycles. The fraction of sp³-hybridized carbons (Fsp3) is 0.111. The van der Waals surface area contributed by atoms with Gasteiger partial charge in [-0.3, -0.25) is 9.59 Å². The van der Waals surface area contributed by atoms with Crippen molar-refractivity contribution in [2.45, 2.75) is 13.0 Å². The van der Waals surface area contributed by atoms with Gasteiger partial charge >= 0.3 is 5.97 Å². The quantitative estimate of drug-likeness (QED) is 0.734. The fourth-order valence-corrected chi connectivity index (χ4v) is 2.74. The number of nitrogens with zero attached hydrogens (tertiary/aromatic N) is 2. The van der Waals surface area contributed by atoms with E-state index in [1.165, 1.54) is 19.1 Å². The third kappa shape index (κ3) is 3.29. The van der Waals surface area contributed by atoms with E-state index in [-0.39, 0.29) is 16.5 Å². The van der Waals surface area contributed by atoms with Crippen LogP contribution in [0.4, 0.5) is 5.69 Å². The summed E-state index contributed by atoms with van der Waals surface area (Å²) in [5.74, 6) is -1.80. The molecular weight excluding hydrogens is 358 g/mol. The Morgan fingerprint density at radius 3 is 2.50 bits per heavy atom. The third-order valence-corrected chi connectivity index (χ3v) is 4.10. The Bertz CT molecular complexity index is 1080. The molecule has 0 saturated carbocycles. The number of benzene rings is 2. The van der Waals surface area contributed by atoms with Crippen molar-refractivity contribution in [3.05, 3.63) is 69.6 Å². The van der Waals surface area contributed by atoms with Gasteiger partial charge in [0.2, 0.25) is 5.91 Å². The van der Waals surface area contributed by atoms with Gasteiger partial charge in [-0.05, 0) is 31.2 Å². The van der Waals surface area contributed by atoms with Crippen LogP contribution >= 0.6 is 11.6 Å². The molecule has 0 bridgehead atoms. The first-order chi connectivity index (χ1) is 12.4. The molecule has 1 amide bonds. The molecule has 1 aromatic heterocycles. The van der Waals surface area contributed by atoms with Crippen LogP contribution < -0.4 is 10.9 Å². The predicted molar refractivity (Wildman–Crippen MR) is 97.8 cm³/mol. The second-order valence-corrected chi connectivity index (χ2v) is 6.06. The molecule has 2 aromatic carbocycles. The summed E-state index contributed by atoms with van der Waals surface area (Å²) < 4.78 is 0.881. The largest absolute Gasteiger partial charge is 0.476 e. The number of halogens is 1. The lowest BCUT2D eigenvalue weighted by Gasteiger charge is -2.16. The molecule has 0 fully saturated rings. The highest BCUT2D eigenvalue weighted by Gasteiger charge is 2.22. The SMILES string of the molecule is CC(C(=O)Nc1cccc(Cl)c1)n1nc(C(=O)O)c2ccccc2c1=O. The number of aromatic nitrogens is 2. The van der Waals surface area contributed by atoms with Gasteiger partial charge in [-0.2, -0.15) is 5.10 Å². The summed E-state index contributed by atoms with van der Waals surface area (Å²) in [7, 11) is 0. The molecule has 0 saturated heterocycles. The molecule has 2 N–H and O–H groups in total. The van der Waals surface area contributed by atoms with Crippen LogP contribution in [0.15, 0.2) is 53.3 Å². The lowest BCUT2D eigenvalue weighted by Crippen LogP contribution is -2.34.